The maximum atomic E-state index is 3.50. The Balaban J connectivity index is 0.000000121. The van der Waals surface area contributed by atoms with Crippen molar-refractivity contribution in [3.63, 3.8) is 0 Å². The van der Waals surface area contributed by atoms with E-state index in [1.165, 1.54) is 136 Å². The second kappa shape index (κ2) is 30.9. The van der Waals surface area contributed by atoms with Crippen LogP contribution in [-0.2, 0) is 6.42 Å². The molecule has 1 aliphatic carbocycles. The van der Waals surface area contributed by atoms with Crippen LogP contribution >= 0.6 is 54.5 Å². The van der Waals surface area contributed by atoms with Crippen LogP contribution < -0.4 is 0 Å². The van der Waals surface area contributed by atoms with Crippen LogP contribution in [0.15, 0.2) is 397 Å². The zero-order valence-corrected chi connectivity index (χ0v) is 61.0. The third kappa shape index (κ3) is 14.4. The fourth-order valence-corrected chi connectivity index (χ4v) is 15.0. The van der Waals surface area contributed by atoms with E-state index in [2.05, 4.69) is 443 Å². The minimum absolute atomic E-state index is 0. The molecule has 1 N–H and O–H groups in total. The molecule has 0 saturated heterocycles. The number of hydrogen-bond donors (Lipinski definition) is 1. The van der Waals surface area contributed by atoms with Gasteiger partial charge in [-0.25, -0.2) is 0 Å². The Labute approximate surface area is 633 Å². The van der Waals surface area contributed by atoms with Crippen LogP contribution in [0.2, 0.25) is 0 Å². The maximum Gasteiger partial charge on any atom is 0.0541 e. The molecule has 1 aliphatic rings. The standard InChI is InChI=1S/C38H26N2.C20H15N.C18H12BrN.C13H10.C6H4BrI.CH4.H2/c1-2-10-27(11-3-1)28-18-20-29(21-19-28)38-26-30-12-4-7-15-35(30)39(38)31-22-24-32(25-23-31)40-36-16-8-5-13-33(36)34-14-6-9-17-37(34)40;1-2-6-15(7-3-1)16-10-12-17(13-11-16)20-14-18-8-4-5-9-19(18)21-20;19-13-9-11-14(12-10-13)20-17-7-3-1-5-15(17)16-6-2-4-8-18(16)20;1-3-7-12-10(5-1)9-11-6-2-4-8-13(11)12;7-5-1-3-6(8)4-2-5;;/h1-26H;1-14,21H;1-12H;1-8H,9H2;1-4H;1H4;1H/i;;;;;;1+1. The molecule has 15 aromatic carbocycles. The van der Waals surface area contributed by atoms with E-state index in [-0.39, 0.29) is 8.85 Å². The molecule has 0 radical (unpaired) electrons. The highest BCUT2D eigenvalue weighted by atomic mass is 127. The predicted molar refractivity (Wildman–Crippen MR) is 457 cm³/mol. The van der Waals surface area contributed by atoms with Crippen molar-refractivity contribution in [1.82, 2.24) is 18.7 Å². The number of nitrogens with one attached hydrogen (secondary N) is 1. The van der Waals surface area contributed by atoms with Crippen molar-refractivity contribution in [2.24, 2.45) is 0 Å². The molecular formula is C96H73Br2IN4. The highest BCUT2D eigenvalue weighted by molar-refractivity contribution is 14.1. The van der Waals surface area contributed by atoms with Crippen LogP contribution in [-0.4, -0.2) is 18.7 Å². The van der Waals surface area contributed by atoms with Crippen LogP contribution in [0.5, 0.6) is 0 Å². The Morgan fingerprint density at radius 3 is 1.08 bits per heavy atom. The van der Waals surface area contributed by atoms with Crippen LogP contribution in [0.1, 0.15) is 20.0 Å². The largest absolute Gasteiger partial charge is 0.355 e. The second-order valence-electron chi connectivity index (χ2n) is 25.2. The lowest BCUT2D eigenvalue weighted by Crippen LogP contribution is -1.99. The molecule has 0 fully saturated rings. The van der Waals surface area contributed by atoms with Crippen molar-refractivity contribution in [2.45, 2.75) is 13.8 Å². The van der Waals surface area contributed by atoms with E-state index in [1.54, 1.807) is 0 Å². The fraction of sp³-hybridized carbons (Fsp3) is 0.0208. The van der Waals surface area contributed by atoms with Crippen molar-refractivity contribution < 1.29 is 1.43 Å². The molecular weight excluding hydrogens is 1500 g/mol. The first-order valence-electron chi connectivity index (χ1n) is 34.2. The SMILES string of the molecule is Brc1ccc(-n2c3ccccc3c3ccccc32)cc1.Brc1ccc(I)cc1.C.[2HH].c1ccc(-c2ccc(-c3cc4ccccc4[nH]3)cc2)cc1.c1ccc(-c2ccc(-c3cc4ccccc4n3-c3ccc(-n4c5ccccc5c5ccccc54)cc3)cc2)cc1.c1ccc2c(c1)Cc1ccccc1-2. The highest BCUT2D eigenvalue weighted by Crippen LogP contribution is 2.39. The van der Waals surface area contributed by atoms with Crippen LogP contribution in [0.4, 0.5) is 0 Å². The van der Waals surface area contributed by atoms with Gasteiger partial charge in [-0.3, -0.25) is 0 Å². The van der Waals surface area contributed by atoms with Crippen molar-refractivity contribution in [3.05, 3.63) is 412 Å². The minimum Gasteiger partial charge on any atom is -0.355 e. The number of aromatic amines is 1. The van der Waals surface area contributed by atoms with E-state index >= 15 is 0 Å². The molecule has 0 atom stereocenters. The molecule has 4 nitrogen and oxygen atoms in total. The smallest absolute Gasteiger partial charge is 0.0541 e. The van der Waals surface area contributed by atoms with Gasteiger partial charge in [0.05, 0.1) is 33.3 Å². The van der Waals surface area contributed by atoms with Crippen molar-refractivity contribution >= 4 is 120 Å². The van der Waals surface area contributed by atoms with Crippen molar-refractivity contribution in [2.75, 3.05) is 0 Å². The lowest BCUT2D eigenvalue weighted by atomic mass is 10.0. The molecule has 0 unspecified atom stereocenters. The Kier molecular flexibility index (Phi) is 20.2. The normalized spacial score (nSPS) is 11.1. The van der Waals surface area contributed by atoms with E-state index in [4.69, 9.17) is 0 Å². The first-order valence-corrected chi connectivity index (χ1v) is 36.9. The number of hydrogen-bond acceptors (Lipinski definition) is 0. The van der Waals surface area contributed by atoms with Crippen molar-refractivity contribution in [1.29, 1.82) is 0 Å². The van der Waals surface area contributed by atoms with Gasteiger partial charge in [0.25, 0.3) is 0 Å². The Morgan fingerprint density at radius 1 is 0.282 bits per heavy atom. The number of nitrogens with zero attached hydrogens (tertiary/aromatic N) is 3. The number of rotatable bonds is 7. The van der Waals surface area contributed by atoms with Gasteiger partial charge in [0.1, 0.15) is 0 Å². The summed E-state index contributed by atoms with van der Waals surface area (Å²) in [5.74, 6) is 0. The highest BCUT2D eigenvalue weighted by Gasteiger charge is 2.18. The average molecular weight is 1570 g/mol. The topological polar surface area (TPSA) is 30.6 Å². The number of benzene rings is 15. The molecule has 20 rings (SSSR count). The van der Waals surface area contributed by atoms with Gasteiger partial charge in [0.2, 0.25) is 0 Å². The number of fused-ring (bicyclic) bond motifs is 11. The van der Waals surface area contributed by atoms with Gasteiger partial charge in [-0.1, -0.05) is 306 Å². The summed E-state index contributed by atoms with van der Waals surface area (Å²) < 4.78 is 10.6. The van der Waals surface area contributed by atoms with E-state index in [1.807, 2.05) is 18.2 Å². The predicted octanol–water partition coefficient (Wildman–Crippen LogP) is 28.3. The Morgan fingerprint density at radius 2 is 0.621 bits per heavy atom. The molecule has 0 spiro atoms. The summed E-state index contributed by atoms with van der Waals surface area (Å²) in [7, 11) is 0. The van der Waals surface area contributed by atoms with Crippen molar-refractivity contribution in [3.8, 4) is 73.0 Å². The van der Waals surface area contributed by atoms with Gasteiger partial charge >= 0.3 is 0 Å². The maximum absolute atomic E-state index is 3.50. The molecule has 0 aliphatic heterocycles. The summed E-state index contributed by atoms with van der Waals surface area (Å²) in [6.07, 6.45) is 1.10. The lowest BCUT2D eigenvalue weighted by Gasteiger charge is -2.14. The molecule has 103 heavy (non-hydrogen) atoms. The third-order valence-electron chi connectivity index (χ3n) is 19.0. The molecule has 0 bridgehead atoms. The van der Waals surface area contributed by atoms with E-state index in [0.29, 0.717) is 0 Å². The summed E-state index contributed by atoms with van der Waals surface area (Å²) in [5.41, 5.74) is 26.3. The molecule has 19 aromatic rings. The van der Waals surface area contributed by atoms with E-state index in [9.17, 15) is 0 Å². The van der Waals surface area contributed by atoms with Gasteiger partial charge in [-0.05, 0) is 206 Å². The van der Waals surface area contributed by atoms with Gasteiger partial charge in [-0.15, -0.1) is 0 Å². The average Bonchev–Trinajstić information content (AvgIpc) is 1.60. The number of H-pyrrole nitrogens is 1. The summed E-state index contributed by atoms with van der Waals surface area (Å²) in [6.45, 7) is 0. The van der Waals surface area contributed by atoms with Gasteiger partial charge in [-0.2, -0.15) is 0 Å². The molecule has 7 heteroatoms. The van der Waals surface area contributed by atoms with E-state index in [0.717, 1.165) is 32.4 Å². The first kappa shape index (κ1) is 67.5. The van der Waals surface area contributed by atoms with Gasteiger partial charge < -0.3 is 18.7 Å². The summed E-state index contributed by atoms with van der Waals surface area (Å²) in [4.78, 5) is 3.47. The van der Waals surface area contributed by atoms with Gasteiger partial charge in [0.15, 0.2) is 0 Å². The zero-order chi connectivity index (χ0) is 68.7. The van der Waals surface area contributed by atoms with Crippen LogP contribution in [0.25, 0.3) is 138 Å². The molecule has 4 aromatic heterocycles. The van der Waals surface area contributed by atoms with E-state index < -0.39 is 0 Å². The number of halogens is 3. The fourth-order valence-electron chi connectivity index (χ4n) is 14.1. The van der Waals surface area contributed by atoms with Crippen LogP contribution in [0, 0.1) is 3.57 Å². The van der Waals surface area contributed by atoms with Gasteiger partial charge in [0, 0.05) is 74.5 Å². The summed E-state index contributed by atoms with van der Waals surface area (Å²) >= 11 is 9.12. The van der Waals surface area contributed by atoms with Crippen LogP contribution in [0.3, 0.4) is 0 Å². The quantitative estimate of drug-likeness (QED) is 0.154. The second-order valence-corrected chi connectivity index (χ2v) is 28.3. The number of aromatic nitrogens is 4. The first-order chi connectivity index (χ1) is 50.3. The summed E-state index contributed by atoms with van der Waals surface area (Å²) in [5, 5.41) is 7.63. The number of para-hydroxylation sites is 6. The summed E-state index contributed by atoms with van der Waals surface area (Å²) in [6, 6.07) is 137. The monoisotopic (exact) mass is 1570 g/mol. The Bertz CT molecular complexity index is 5900. The molecule has 0 amide bonds. The zero-order valence-electron chi connectivity index (χ0n) is 55.6. The molecule has 4 heterocycles. The minimum atomic E-state index is 0. The molecule has 0 saturated carbocycles. The third-order valence-corrected chi connectivity index (χ3v) is 20.7. The Hall–Kier alpha value is -11.3. The lowest BCUT2D eigenvalue weighted by molar-refractivity contribution is 1.12. The molecule has 498 valence electrons.